The Kier molecular flexibility index (Phi) is 6.12. The van der Waals surface area contributed by atoms with E-state index >= 15 is 0 Å². The van der Waals surface area contributed by atoms with Crippen molar-refractivity contribution in [2.45, 2.75) is 58.3 Å². The first-order valence-corrected chi connectivity index (χ1v) is 20.0. The van der Waals surface area contributed by atoms with Crippen molar-refractivity contribution in [2.24, 2.45) is 5.92 Å². The van der Waals surface area contributed by atoms with E-state index in [4.69, 9.17) is 0 Å². The molecule has 4 rings (SSSR count). The van der Waals surface area contributed by atoms with Crippen molar-refractivity contribution in [1.29, 1.82) is 0 Å². The van der Waals surface area contributed by atoms with Gasteiger partial charge in [-0.25, -0.2) is 0 Å². The molecule has 0 bridgehead atoms. The molecule has 2 aliphatic rings. The standard InChI is InChI=1S/C17H15.C9H13.C2H6Si.Zr/c1-12-7-6-10-15-11-13(2)17(16(12)15)14-8-4-3-5-9-14;1-6-5-7(2)9(4)8(6)3;1-3-2;/h3-11H,1-2H3;6H,1-4H3;1-2H3;. The van der Waals surface area contributed by atoms with Crippen LogP contribution in [0, 0.1) is 12.8 Å². The second-order valence-corrected chi connectivity index (χ2v) is 26.7. The number of hydrogen-bond acceptors (Lipinski definition) is 0. The van der Waals surface area contributed by atoms with Crippen LogP contribution in [0.2, 0.25) is 13.1 Å². The van der Waals surface area contributed by atoms with Crippen LogP contribution >= 0.6 is 0 Å². The minimum atomic E-state index is -1.96. The molecule has 2 atom stereocenters. The van der Waals surface area contributed by atoms with Crippen molar-refractivity contribution in [2.75, 3.05) is 0 Å². The average Bonchev–Trinajstić information content (AvgIpc) is 3.12. The third kappa shape index (κ3) is 3.35. The van der Waals surface area contributed by atoms with Crippen molar-refractivity contribution in [1.82, 2.24) is 0 Å². The predicted molar refractivity (Wildman–Crippen MR) is 130 cm³/mol. The first-order chi connectivity index (χ1) is 14.3. The average molecular weight is 490 g/mol. The normalized spacial score (nSPS) is 20.9. The summed E-state index contributed by atoms with van der Waals surface area (Å²) in [7, 11) is 0. The molecule has 0 heterocycles. The molecule has 0 fully saturated rings. The van der Waals surface area contributed by atoms with Gasteiger partial charge in [-0.05, 0) is 0 Å². The molecule has 0 spiro atoms. The number of hydrogen-bond donors (Lipinski definition) is 0. The van der Waals surface area contributed by atoms with Gasteiger partial charge in [0.25, 0.3) is 0 Å². The summed E-state index contributed by atoms with van der Waals surface area (Å²) < 4.78 is 2.60. The van der Waals surface area contributed by atoms with Crippen molar-refractivity contribution in [3.8, 4) is 0 Å². The molecule has 0 saturated heterocycles. The van der Waals surface area contributed by atoms with E-state index in [1.54, 1.807) is 27.9 Å². The first-order valence-electron chi connectivity index (χ1n) is 11.2. The molecule has 2 unspecified atom stereocenters. The van der Waals surface area contributed by atoms with Crippen LogP contribution < -0.4 is 0 Å². The summed E-state index contributed by atoms with van der Waals surface area (Å²) >= 11 is -1.96. The predicted octanol–water partition coefficient (Wildman–Crippen LogP) is 8.00. The fraction of sp³-hybridized carbons (Fsp3) is 0.357. The van der Waals surface area contributed by atoms with Crippen LogP contribution in [0.25, 0.3) is 5.57 Å². The molecule has 0 nitrogen and oxygen atoms in total. The van der Waals surface area contributed by atoms with Gasteiger partial charge in [-0.3, -0.25) is 0 Å². The Morgan fingerprint density at radius 2 is 1.43 bits per heavy atom. The molecule has 2 aliphatic carbocycles. The van der Waals surface area contributed by atoms with E-state index in [-0.39, 0.29) is 5.43 Å². The molecular formula is C28H34SiZr. The van der Waals surface area contributed by atoms with Gasteiger partial charge in [0.1, 0.15) is 0 Å². The molecule has 0 saturated carbocycles. The number of benzene rings is 2. The van der Waals surface area contributed by atoms with Gasteiger partial charge in [0.05, 0.1) is 0 Å². The molecule has 30 heavy (non-hydrogen) atoms. The first kappa shape index (κ1) is 22.0. The molecule has 2 aromatic carbocycles. The fourth-order valence-corrected chi connectivity index (χ4v) is 26.3. The SMILES string of the molecule is CC1=C(C)C(C)[C]([Zr]([CH]2C(C)=C(c3ccccc3)c3c(C)cccc32)=[Si](C)C)=C1C. The van der Waals surface area contributed by atoms with E-state index in [0.717, 1.165) is 0 Å². The number of rotatable bonds is 3. The molecule has 2 heteroatoms. The minimum absolute atomic E-state index is 0.364. The van der Waals surface area contributed by atoms with E-state index < -0.39 is 20.4 Å². The van der Waals surface area contributed by atoms with Crippen LogP contribution in [0.3, 0.4) is 0 Å². The zero-order valence-electron chi connectivity index (χ0n) is 19.8. The molecule has 0 N–H and O–H groups in total. The summed E-state index contributed by atoms with van der Waals surface area (Å²) in [5, 5.41) is 0. The Balaban J connectivity index is 2.00. The van der Waals surface area contributed by atoms with Crippen LogP contribution in [-0.4, -0.2) is 5.43 Å². The van der Waals surface area contributed by atoms with E-state index in [1.165, 1.54) is 22.3 Å². The summed E-state index contributed by atoms with van der Waals surface area (Å²) in [4.78, 5) is 0. The van der Waals surface area contributed by atoms with Crippen molar-refractivity contribution >= 4 is 11.0 Å². The molecule has 154 valence electrons. The van der Waals surface area contributed by atoms with Crippen molar-refractivity contribution < 1.29 is 20.4 Å². The summed E-state index contributed by atoms with van der Waals surface area (Å²) in [6.07, 6.45) is 0. The van der Waals surface area contributed by atoms with Crippen LogP contribution in [0.5, 0.6) is 0 Å². The van der Waals surface area contributed by atoms with E-state index in [2.05, 4.69) is 103 Å². The Morgan fingerprint density at radius 3 is 2.00 bits per heavy atom. The second-order valence-electron chi connectivity index (χ2n) is 9.38. The topological polar surface area (TPSA) is 0 Å². The Bertz CT molecular complexity index is 1150. The van der Waals surface area contributed by atoms with Gasteiger partial charge in [-0.2, -0.15) is 0 Å². The zero-order chi connectivity index (χ0) is 21.7. The van der Waals surface area contributed by atoms with E-state index in [1.807, 2.05) is 3.28 Å². The van der Waals surface area contributed by atoms with Gasteiger partial charge in [0, 0.05) is 0 Å². The summed E-state index contributed by atoms with van der Waals surface area (Å²) in [5.74, 6) is 0.654. The van der Waals surface area contributed by atoms with Crippen LogP contribution in [-0.2, 0) is 20.4 Å². The maximum atomic E-state index is 2.61. The summed E-state index contributed by atoms with van der Waals surface area (Å²) in [5.41, 5.74) is 13.7. The quantitative estimate of drug-likeness (QED) is 0.383. The third-order valence-electron chi connectivity index (χ3n) is 7.51. The van der Waals surface area contributed by atoms with Gasteiger partial charge < -0.3 is 0 Å². The Hall–Kier alpha value is -1.24. The number of allylic oxidation sites excluding steroid dienone is 5. The third-order valence-corrected chi connectivity index (χ3v) is 26.5. The van der Waals surface area contributed by atoms with Gasteiger partial charge in [0.15, 0.2) is 0 Å². The van der Waals surface area contributed by atoms with Gasteiger partial charge in [-0.1, -0.05) is 0 Å². The number of fused-ring (bicyclic) bond motifs is 1. The molecule has 0 aromatic heterocycles. The van der Waals surface area contributed by atoms with Gasteiger partial charge in [-0.15, -0.1) is 0 Å². The van der Waals surface area contributed by atoms with Crippen molar-refractivity contribution in [3.05, 3.63) is 96.4 Å². The van der Waals surface area contributed by atoms with Crippen molar-refractivity contribution in [3.63, 3.8) is 0 Å². The summed E-state index contributed by atoms with van der Waals surface area (Å²) in [6, 6.07) is 18.2. The van der Waals surface area contributed by atoms with E-state index in [0.29, 0.717) is 9.54 Å². The van der Waals surface area contributed by atoms with Crippen LogP contribution in [0.4, 0.5) is 0 Å². The molecule has 2 aromatic rings. The molecule has 0 amide bonds. The van der Waals surface area contributed by atoms with Gasteiger partial charge >= 0.3 is 192 Å². The number of aryl methyl sites for hydroxylation is 1. The van der Waals surface area contributed by atoms with Gasteiger partial charge in [0.2, 0.25) is 0 Å². The van der Waals surface area contributed by atoms with Crippen LogP contribution in [0.1, 0.15) is 60.5 Å². The summed E-state index contributed by atoms with van der Waals surface area (Å²) in [6.45, 7) is 19.6. The monoisotopic (exact) mass is 488 g/mol. The Morgan fingerprint density at radius 1 is 0.767 bits per heavy atom. The molecule has 0 radical (unpaired) electrons. The molecule has 0 aliphatic heterocycles. The maximum absolute atomic E-state index is 2.61. The zero-order valence-corrected chi connectivity index (χ0v) is 23.2. The van der Waals surface area contributed by atoms with E-state index in [9.17, 15) is 0 Å². The molecular weight excluding hydrogens is 456 g/mol. The second kappa shape index (κ2) is 8.36. The Labute approximate surface area is 191 Å². The fourth-order valence-electron chi connectivity index (χ4n) is 5.71. The van der Waals surface area contributed by atoms with Crippen LogP contribution in [0.15, 0.2) is 74.1 Å².